The number of guanidine groups is 1. The summed E-state index contributed by atoms with van der Waals surface area (Å²) in [5.74, 6) is 0.593. The van der Waals surface area contributed by atoms with Gasteiger partial charge in [0.1, 0.15) is 5.82 Å². The van der Waals surface area contributed by atoms with E-state index >= 15 is 0 Å². The highest BCUT2D eigenvalue weighted by molar-refractivity contribution is 14.0. The summed E-state index contributed by atoms with van der Waals surface area (Å²) in [4.78, 5) is 9.22. The number of hydrogen-bond donors (Lipinski definition) is 1. The minimum absolute atomic E-state index is 0. The summed E-state index contributed by atoms with van der Waals surface area (Å²) in [6.07, 6.45) is 0. The lowest BCUT2D eigenvalue weighted by atomic mass is 10.1. The summed E-state index contributed by atoms with van der Waals surface area (Å²) in [5.41, 5.74) is 3.33. The molecule has 1 fully saturated rings. The predicted molar refractivity (Wildman–Crippen MR) is 128 cm³/mol. The van der Waals surface area contributed by atoms with Gasteiger partial charge in [0.2, 0.25) is 0 Å². The van der Waals surface area contributed by atoms with E-state index in [1.54, 1.807) is 12.1 Å². The summed E-state index contributed by atoms with van der Waals surface area (Å²) in [6, 6.07) is 15.1. The lowest BCUT2D eigenvalue weighted by Gasteiger charge is -2.30. The number of aliphatic imine (C=N–C) groups is 1. The average molecular weight is 512 g/mol. The molecule has 158 valence electrons. The average Bonchev–Trinajstić information content (AvgIpc) is 2.72. The molecule has 1 saturated heterocycles. The first-order valence-corrected chi connectivity index (χ1v) is 9.82. The van der Waals surface area contributed by atoms with Gasteiger partial charge in [-0.1, -0.05) is 30.3 Å². The lowest BCUT2D eigenvalue weighted by molar-refractivity contribution is 0.122. The van der Waals surface area contributed by atoms with Gasteiger partial charge in [-0.25, -0.2) is 9.38 Å². The molecule has 0 aromatic heterocycles. The van der Waals surface area contributed by atoms with Crippen LogP contribution >= 0.6 is 24.0 Å². The monoisotopic (exact) mass is 512 g/mol. The van der Waals surface area contributed by atoms with E-state index in [1.165, 1.54) is 17.3 Å². The Hall–Kier alpha value is -1.87. The van der Waals surface area contributed by atoms with Crippen molar-refractivity contribution in [3.63, 3.8) is 0 Å². The quantitative estimate of drug-likeness (QED) is 0.363. The topological polar surface area (TPSA) is 40.1 Å². The van der Waals surface area contributed by atoms with Crippen LogP contribution in [0, 0.1) is 5.82 Å². The van der Waals surface area contributed by atoms with Gasteiger partial charge in [0.15, 0.2) is 5.96 Å². The van der Waals surface area contributed by atoms with E-state index in [2.05, 4.69) is 34.5 Å². The first-order chi connectivity index (χ1) is 13.7. The van der Waals surface area contributed by atoms with Crippen LogP contribution in [0.15, 0.2) is 53.5 Å². The molecular formula is C22H30FIN4O. The molecule has 1 aliphatic heterocycles. The SMILES string of the molecule is CCNC(=NCc1ccccc1N1CCOCC1)N(C)Cc1cccc(F)c1.I. The predicted octanol–water partition coefficient (Wildman–Crippen LogP) is 3.88. The maximum Gasteiger partial charge on any atom is 0.194 e. The highest BCUT2D eigenvalue weighted by Crippen LogP contribution is 2.22. The van der Waals surface area contributed by atoms with Crippen molar-refractivity contribution in [1.29, 1.82) is 0 Å². The molecule has 1 aliphatic rings. The molecule has 3 rings (SSSR count). The highest BCUT2D eigenvalue weighted by Gasteiger charge is 2.14. The van der Waals surface area contributed by atoms with Gasteiger partial charge in [-0.2, -0.15) is 0 Å². The van der Waals surface area contributed by atoms with Gasteiger partial charge in [-0.05, 0) is 36.2 Å². The van der Waals surface area contributed by atoms with Crippen LogP contribution in [0.4, 0.5) is 10.1 Å². The van der Waals surface area contributed by atoms with E-state index in [-0.39, 0.29) is 29.8 Å². The first-order valence-electron chi connectivity index (χ1n) is 9.82. The molecule has 1 N–H and O–H groups in total. The van der Waals surface area contributed by atoms with Gasteiger partial charge < -0.3 is 19.9 Å². The zero-order chi connectivity index (χ0) is 19.8. The summed E-state index contributed by atoms with van der Waals surface area (Å²) < 4.78 is 19.0. The van der Waals surface area contributed by atoms with Crippen LogP contribution in [0.3, 0.4) is 0 Å². The Balaban J connectivity index is 0.00000300. The largest absolute Gasteiger partial charge is 0.378 e. The molecule has 2 aromatic rings. The molecule has 2 aromatic carbocycles. The van der Waals surface area contributed by atoms with Crippen molar-refractivity contribution in [2.45, 2.75) is 20.0 Å². The van der Waals surface area contributed by atoms with E-state index in [1.807, 2.05) is 24.9 Å². The molecule has 7 heteroatoms. The summed E-state index contributed by atoms with van der Waals surface area (Å²) >= 11 is 0. The normalized spacial score (nSPS) is 14.3. The van der Waals surface area contributed by atoms with E-state index in [4.69, 9.17) is 9.73 Å². The maximum atomic E-state index is 13.5. The Bertz CT molecular complexity index is 796. The molecule has 0 atom stereocenters. The smallest absolute Gasteiger partial charge is 0.194 e. The Kier molecular flexibility index (Phi) is 9.66. The van der Waals surface area contributed by atoms with Crippen molar-refractivity contribution in [1.82, 2.24) is 10.2 Å². The molecule has 0 spiro atoms. The van der Waals surface area contributed by atoms with Crippen molar-refractivity contribution in [3.05, 3.63) is 65.5 Å². The zero-order valence-corrected chi connectivity index (χ0v) is 19.4. The third-order valence-corrected chi connectivity index (χ3v) is 4.75. The van der Waals surface area contributed by atoms with E-state index < -0.39 is 0 Å². The van der Waals surface area contributed by atoms with Crippen LogP contribution in [-0.4, -0.2) is 50.8 Å². The number of ether oxygens (including phenoxy) is 1. The number of para-hydroxylation sites is 1. The van der Waals surface area contributed by atoms with Crippen molar-refractivity contribution in [3.8, 4) is 0 Å². The van der Waals surface area contributed by atoms with Gasteiger partial charge in [-0.15, -0.1) is 24.0 Å². The minimum Gasteiger partial charge on any atom is -0.378 e. The summed E-state index contributed by atoms with van der Waals surface area (Å²) in [7, 11) is 1.97. The Labute approximate surface area is 190 Å². The number of morpholine rings is 1. The second kappa shape index (κ2) is 12.0. The van der Waals surface area contributed by atoms with Gasteiger partial charge in [0.05, 0.1) is 19.8 Å². The maximum absolute atomic E-state index is 13.5. The lowest BCUT2D eigenvalue weighted by Crippen LogP contribution is -2.38. The van der Waals surface area contributed by atoms with Crippen LogP contribution < -0.4 is 10.2 Å². The van der Waals surface area contributed by atoms with Crippen molar-refractivity contribution in [2.75, 3.05) is 44.8 Å². The number of nitrogens with zero attached hydrogens (tertiary/aromatic N) is 3. The molecule has 0 bridgehead atoms. The standard InChI is InChI=1S/C22H29FN4O.HI/c1-3-24-22(26(2)17-18-7-6-9-20(23)15-18)25-16-19-8-4-5-10-21(19)27-11-13-28-14-12-27;/h4-10,15H,3,11-14,16-17H2,1-2H3,(H,24,25);1H. The molecule has 0 radical (unpaired) electrons. The van der Waals surface area contributed by atoms with Crippen LogP contribution in [-0.2, 0) is 17.8 Å². The third-order valence-electron chi connectivity index (χ3n) is 4.75. The van der Waals surface area contributed by atoms with Gasteiger partial charge in [-0.3, -0.25) is 0 Å². The molecule has 0 unspecified atom stereocenters. The van der Waals surface area contributed by atoms with Crippen molar-refractivity contribution < 1.29 is 9.13 Å². The molecule has 5 nitrogen and oxygen atoms in total. The summed E-state index contributed by atoms with van der Waals surface area (Å²) in [5, 5.41) is 3.34. The molecular weight excluding hydrogens is 482 g/mol. The van der Waals surface area contributed by atoms with Crippen LogP contribution in [0.1, 0.15) is 18.1 Å². The zero-order valence-electron chi connectivity index (χ0n) is 17.1. The Morgan fingerprint density at radius 3 is 2.66 bits per heavy atom. The number of benzene rings is 2. The fraction of sp³-hybridized carbons (Fsp3) is 0.409. The molecule has 0 aliphatic carbocycles. The fourth-order valence-electron chi connectivity index (χ4n) is 3.37. The van der Waals surface area contributed by atoms with E-state index in [0.717, 1.165) is 44.4 Å². The number of hydrogen-bond acceptors (Lipinski definition) is 3. The second-order valence-corrected chi connectivity index (χ2v) is 6.88. The molecule has 0 amide bonds. The van der Waals surface area contributed by atoms with Gasteiger partial charge in [0, 0.05) is 38.9 Å². The number of rotatable bonds is 6. The molecule has 29 heavy (non-hydrogen) atoms. The van der Waals surface area contributed by atoms with Crippen LogP contribution in [0.5, 0.6) is 0 Å². The molecule has 1 heterocycles. The Morgan fingerprint density at radius 1 is 1.17 bits per heavy atom. The van der Waals surface area contributed by atoms with Crippen LogP contribution in [0.2, 0.25) is 0 Å². The minimum atomic E-state index is -0.215. The fourth-order valence-corrected chi connectivity index (χ4v) is 3.37. The molecule has 0 saturated carbocycles. The summed E-state index contributed by atoms with van der Waals surface area (Å²) in [6.45, 7) is 7.33. The van der Waals surface area contributed by atoms with Gasteiger partial charge >= 0.3 is 0 Å². The number of anilines is 1. The van der Waals surface area contributed by atoms with E-state index in [0.29, 0.717) is 13.1 Å². The van der Waals surface area contributed by atoms with Crippen molar-refractivity contribution in [2.24, 2.45) is 4.99 Å². The first kappa shape index (κ1) is 23.4. The van der Waals surface area contributed by atoms with Crippen LogP contribution in [0.25, 0.3) is 0 Å². The number of nitrogens with one attached hydrogen (secondary N) is 1. The van der Waals surface area contributed by atoms with Crippen molar-refractivity contribution >= 4 is 35.6 Å². The van der Waals surface area contributed by atoms with E-state index in [9.17, 15) is 4.39 Å². The van der Waals surface area contributed by atoms with Gasteiger partial charge in [0.25, 0.3) is 0 Å². The third kappa shape index (κ3) is 6.85. The Morgan fingerprint density at radius 2 is 1.93 bits per heavy atom. The second-order valence-electron chi connectivity index (χ2n) is 6.88. The number of halogens is 2. The highest BCUT2D eigenvalue weighted by atomic mass is 127.